The molecule has 4 saturated carbocycles. The molecule has 0 saturated heterocycles. The fourth-order valence-electron chi connectivity index (χ4n) is 5.45. The molecular weight excluding hydrogens is 290 g/mol. The van der Waals surface area contributed by atoms with Gasteiger partial charge in [0.25, 0.3) is 0 Å². The largest absolute Gasteiger partial charge is 0.444 e. The summed E-state index contributed by atoms with van der Waals surface area (Å²) < 4.78 is 11.9. The number of rotatable bonds is 5. The van der Waals surface area contributed by atoms with E-state index in [1.54, 1.807) is 0 Å². The maximum atomic E-state index is 12.3. The van der Waals surface area contributed by atoms with Gasteiger partial charge in [0.05, 0.1) is 5.60 Å². The summed E-state index contributed by atoms with van der Waals surface area (Å²) in [5.41, 5.74) is -0.533. The van der Waals surface area contributed by atoms with Crippen LogP contribution in [-0.4, -0.2) is 29.4 Å². The molecule has 2 atom stereocenters. The van der Waals surface area contributed by atoms with Gasteiger partial charge in [-0.1, -0.05) is 13.3 Å². The number of carbonyl (C=O) groups is 1. The van der Waals surface area contributed by atoms with E-state index in [-0.39, 0.29) is 17.2 Å². The van der Waals surface area contributed by atoms with E-state index in [0.29, 0.717) is 11.8 Å². The molecule has 23 heavy (non-hydrogen) atoms. The smallest absolute Gasteiger partial charge is 0.408 e. The van der Waals surface area contributed by atoms with Crippen LogP contribution in [-0.2, 0) is 9.47 Å². The highest BCUT2D eigenvalue weighted by Gasteiger charge is 2.59. The van der Waals surface area contributed by atoms with E-state index in [1.165, 1.54) is 25.7 Å². The molecule has 0 spiro atoms. The van der Waals surface area contributed by atoms with Gasteiger partial charge < -0.3 is 14.8 Å². The van der Waals surface area contributed by atoms with Crippen molar-refractivity contribution in [2.75, 3.05) is 6.61 Å². The minimum atomic E-state index is -0.443. The van der Waals surface area contributed by atoms with Gasteiger partial charge >= 0.3 is 6.09 Å². The zero-order valence-corrected chi connectivity index (χ0v) is 15.2. The third kappa shape index (κ3) is 3.84. The number of carbonyl (C=O) groups excluding carboxylic acids is 1. The predicted molar refractivity (Wildman–Crippen MR) is 90.4 cm³/mol. The fourth-order valence-corrected chi connectivity index (χ4v) is 5.45. The molecule has 4 heteroatoms. The van der Waals surface area contributed by atoms with Crippen LogP contribution in [0, 0.1) is 11.8 Å². The summed E-state index contributed by atoms with van der Waals surface area (Å²) in [6.45, 7) is 8.82. The lowest BCUT2D eigenvalue weighted by Gasteiger charge is -2.61. The normalized spacial score (nSPS) is 38.6. The Morgan fingerprint density at radius 1 is 1.17 bits per heavy atom. The number of ether oxygens (including phenoxy) is 2. The van der Waals surface area contributed by atoms with Gasteiger partial charge in [-0.05, 0) is 77.6 Å². The Morgan fingerprint density at radius 3 is 2.39 bits per heavy atom. The predicted octanol–water partition coefficient (Wildman–Crippen LogP) is 4.42. The van der Waals surface area contributed by atoms with Crippen molar-refractivity contribution in [3.63, 3.8) is 0 Å². The lowest BCUT2D eigenvalue weighted by Crippen LogP contribution is -2.66. The van der Waals surface area contributed by atoms with E-state index in [2.05, 4.69) is 12.2 Å². The number of alkyl carbamates (subject to hydrolysis) is 1. The highest BCUT2D eigenvalue weighted by Crippen LogP contribution is 2.58. The molecule has 0 aromatic heterocycles. The second kappa shape index (κ2) is 5.94. The molecule has 0 radical (unpaired) electrons. The number of hydrogen-bond acceptors (Lipinski definition) is 3. The van der Waals surface area contributed by atoms with E-state index in [4.69, 9.17) is 9.47 Å². The van der Waals surface area contributed by atoms with Gasteiger partial charge in [0, 0.05) is 12.1 Å². The highest BCUT2D eigenvalue weighted by molar-refractivity contribution is 5.69. The molecule has 1 amide bonds. The molecule has 4 bridgehead atoms. The van der Waals surface area contributed by atoms with Crippen LogP contribution in [0.1, 0.15) is 79.1 Å². The van der Waals surface area contributed by atoms with Crippen LogP contribution in [0.25, 0.3) is 0 Å². The van der Waals surface area contributed by atoms with Gasteiger partial charge in [-0.3, -0.25) is 0 Å². The second-order valence-corrected chi connectivity index (χ2v) is 9.25. The molecule has 0 aromatic rings. The van der Waals surface area contributed by atoms with Crippen LogP contribution < -0.4 is 5.32 Å². The minimum absolute atomic E-state index is 0.00820. The van der Waals surface area contributed by atoms with Crippen molar-refractivity contribution in [3.8, 4) is 0 Å². The van der Waals surface area contributed by atoms with Crippen LogP contribution in [0.15, 0.2) is 0 Å². The van der Waals surface area contributed by atoms with Crippen molar-refractivity contribution < 1.29 is 14.3 Å². The Labute approximate surface area is 140 Å². The molecule has 2 unspecified atom stereocenters. The standard InChI is InChI=1S/C19H33NO3/c1-5-6-7-22-19-11-14-8-15(12-19)10-18(9-14,13-19)20-16(21)23-17(2,3)4/h14-15H,5-13H2,1-4H3,(H,20,21). The first-order valence-corrected chi connectivity index (χ1v) is 9.38. The molecule has 4 nitrogen and oxygen atoms in total. The van der Waals surface area contributed by atoms with E-state index >= 15 is 0 Å². The molecule has 4 rings (SSSR count). The molecule has 4 aliphatic rings. The van der Waals surface area contributed by atoms with Gasteiger partial charge in [-0.25, -0.2) is 4.79 Å². The van der Waals surface area contributed by atoms with E-state index in [1.807, 2.05) is 20.8 Å². The lowest BCUT2D eigenvalue weighted by molar-refractivity contribution is -0.174. The summed E-state index contributed by atoms with van der Waals surface area (Å²) in [6, 6.07) is 0. The van der Waals surface area contributed by atoms with E-state index in [9.17, 15) is 4.79 Å². The molecule has 0 aliphatic heterocycles. The lowest BCUT2D eigenvalue weighted by atomic mass is 9.51. The van der Waals surface area contributed by atoms with Crippen LogP contribution in [0.3, 0.4) is 0 Å². The monoisotopic (exact) mass is 323 g/mol. The molecule has 0 aromatic carbocycles. The minimum Gasteiger partial charge on any atom is -0.444 e. The first kappa shape index (κ1) is 17.1. The molecular formula is C19H33NO3. The SMILES string of the molecule is CCCCOC12CC3CC(CC(NC(=O)OC(C)(C)C)(C3)C1)C2. The van der Waals surface area contributed by atoms with Crippen molar-refractivity contribution in [1.29, 1.82) is 0 Å². The van der Waals surface area contributed by atoms with Crippen LogP contribution >= 0.6 is 0 Å². The Bertz CT molecular complexity index is 440. The zero-order valence-electron chi connectivity index (χ0n) is 15.2. The highest BCUT2D eigenvalue weighted by atomic mass is 16.6. The molecule has 0 heterocycles. The fraction of sp³-hybridized carbons (Fsp3) is 0.947. The van der Waals surface area contributed by atoms with Crippen molar-refractivity contribution >= 4 is 6.09 Å². The molecule has 4 fully saturated rings. The van der Waals surface area contributed by atoms with Crippen molar-refractivity contribution in [1.82, 2.24) is 5.32 Å². The van der Waals surface area contributed by atoms with E-state index < -0.39 is 5.60 Å². The van der Waals surface area contributed by atoms with E-state index in [0.717, 1.165) is 32.3 Å². The summed E-state index contributed by atoms with van der Waals surface area (Å²) in [6.07, 6.45) is 8.89. The van der Waals surface area contributed by atoms with Gasteiger partial charge in [-0.15, -0.1) is 0 Å². The number of amides is 1. The van der Waals surface area contributed by atoms with Gasteiger partial charge in [0.2, 0.25) is 0 Å². The summed E-state index contributed by atoms with van der Waals surface area (Å²) >= 11 is 0. The number of unbranched alkanes of at least 4 members (excludes halogenated alkanes) is 1. The average Bonchev–Trinajstić information content (AvgIpc) is 2.33. The summed E-state index contributed by atoms with van der Waals surface area (Å²) in [7, 11) is 0. The topological polar surface area (TPSA) is 47.6 Å². The Hall–Kier alpha value is -0.770. The maximum absolute atomic E-state index is 12.3. The Balaban J connectivity index is 1.69. The molecule has 1 N–H and O–H groups in total. The molecule has 4 aliphatic carbocycles. The van der Waals surface area contributed by atoms with Crippen molar-refractivity contribution in [3.05, 3.63) is 0 Å². The van der Waals surface area contributed by atoms with Crippen LogP contribution in [0.2, 0.25) is 0 Å². The van der Waals surface area contributed by atoms with Gasteiger partial charge in [-0.2, -0.15) is 0 Å². The quantitative estimate of drug-likeness (QED) is 0.762. The molecule has 132 valence electrons. The third-order valence-electron chi connectivity index (χ3n) is 5.68. The maximum Gasteiger partial charge on any atom is 0.408 e. The first-order valence-electron chi connectivity index (χ1n) is 9.38. The summed E-state index contributed by atoms with van der Waals surface area (Å²) in [5.74, 6) is 1.40. The summed E-state index contributed by atoms with van der Waals surface area (Å²) in [4.78, 5) is 12.3. The van der Waals surface area contributed by atoms with Gasteiger partial charge in [0.1, 0.15) is 5.60 Å². The second-order valence-electron chi connectivity index (χ2n) is 9.25. The van der Waals surface area contributed by atoms with Crippen molar-refractivity contribution in [2.24, 2.45) is 11.8 Å². The van der Waals surface area contributed by atoms with Crippen molar-refractivity contribution in [2.45, 2.75) is 95.8 Å². The van der Waals surface area contributed by atoms with Crippen LogP contribution in [0.5, 0.6) is 0 Å². The van der Waals surface area contributed by atoms with Crippen LogP contribution in [0.4, 0.5) is 4.79 Å². The number of hydrogen-bond donors (Lipinski definition) is 1. The zero-order chi connectivity index (χ0) is 16.7. The van der Waals surface area contributed by atoms with Gasteiger partial charge in [0.15, 0.2) is 0 Å². The first-order chi connectivity index (χ1) is 10.7. The number of nitrogens with one attached hydrogen (secondary N) is 1. The summed E-state index contributed by atoms with van der Waals surface area (Å²) in [5, 5.41) is 3.26. The Kier molecular flexibility index (Phi) is 4.41. The average molecular weight is 323 g/mol. The Morgan fingerprint density at radius 2 is 1.83 bits per heavy atom. The third-order valence-corrected chi connectivity index (χ3v) is 5.68.